The van der Waals surface area contributed by atoms with Crippen molar-refractivity contribution in [1.29, 1.82) is 0 Å². The van der Waals surface area contributed by atoms with Gasteiger partial charge in [0.25, 0.3) is 5.91 Å². The van der Waals surface area contributed by atoms with Gasteiger partial charge in [0.05, 0.1) is 18.0 Å². The summed E-state index contributed by atoms with van der Waals surface area (Å²) in [6.45, 7) is 0.208. The highest BCUT2D eigenvalue weighted by atomic mass is 35.5. The van der Waals surface area contributed by atoms with Gasteiger partial charge in [-0.05, 0) is 53.9 Å². The Morgan fingerprint density at radius 2 is 1.74 bits per heavy atom. The van der Waals surface area contributed by atoms with E-state index in [1.54, 1.807) is 35.2 Å². The maximum Gasteiger partial charge on any atom is 0.315 e. The lowest BCUT2D eigenvalue weighted by molar-refractivity contribution is -0.114. The maximum absolute atomic E-state index is 13.6. The van der Waals surface area contributed by atoms with Crippen LogP contribution in [0.2, 0.25) is 0 Å². The monoisotopic (exact) mass is 555 g/mol. The molecule has 4 amide bonds. The molecule has 0 saturated carbocycles. The molecule has 198 valence electrons. The number of carbonyl (C=O) groups is 3. The number of urea groups is 1. The van der Waals surface area contributed by atoms with Gasteiger partial charge in [-0.25, -0.2) is 13.2 Å². The van der Waals surface area contributed by atoms with Crippen molar-refractivity contribution < 1.29 is 22.8 Å². The number of amides is 4. The molecule has 2 heterocycles. The van der Waals surface area contributed by atoms with Crippen molar-refractivity contribution >= 4 is 51.5 Å². The molecule has 0 radical (unpaired) electrons. The topological polar surface area (TPSA) is 151 Å². The lowest BCUT2D eigenvalue weighted by Gasteiger charge is -2.21. The minimum atomic E-state index is -3.92. The Hall–Kier alpha value is -3.93. The van der Waals surface area contributed by atoms with Crippen LogP contribution in [0.1, 0.15) is 15.9 Å². The predicted octanol–water partition coefficient (Wildman–Crippen LogP) is 2.29. The van der Waals surface area contributed by atoms with Crippen LogP contribution in [-0.4, -0.2) is 51.3 Å². The Morgan fingerprint density at radius 1 is 1.03 bits per heavy atom. The summed E-state index contributed by atoms with van der Waals surface area (Å²) in [5.41, 5.74) is 8.92. The van der Waals surface area contributed by atoms with Crippen LogP contribution in [0.5, 0.6) is 0 Å². The van der Waals surface area contributed by atoms with Crippen LogP contribution in [0.4, 0.5) is 16.2 Å². The fraction of sp³-hybridized carbons (Fsp3) is 0.192. The second kappa shape index (κ2) is 10.8. The van der Waals surface area contributed by atoms with E-state index in [-0.39, 0.29) is 42.2 Å². The maximum atomic E-state index is 13.6. The molecule has 12 heteroatoms. The average molecular weight is 556 g/mol. The van der Waals surface area contributed by atoms with Crippen LogP contribution in [0.3, 0.4) is 0 Å². The summed E-state index contributed by atoms with van der Waals surface area (Å²) in [5.74, 6) is -0.572. The third kappa shape index (κ3) is 4.95. The number of nitrogens with zero attached hydrogens (tertiary/aromatic N) is 1. The van der Waals surface area contributed by atoms with Gasteiger partial charge in [0.15, 0.2) is 5.37 Å². The molecule has 3 aromatic carbocycles. The zero-order valence-electron chi connectivity index (χ0n) is 20.1. The van der Waals surface area contributed by atoms with Gasteiger partial charge in [-0.3, -0.25) is 9.59 Å². The van der Waals surface area contributed by atoms with Crippen molar-refractivity contribution in [1.82, 2.24) is 10.6 Å². The summed E-state index contributed by atoms with van der Waals surface area (Å²) in [4.78, 5) is 38.3. The lowest BCUT2D eigenvalue weighted by atomic mass is 9.97. The van der Waals surface area contributed by atoms with E-state index in [4.69, 9.17) is 5.73 Å². The normalized spacial score (nSPS) is 16.2. The smallest absolute Gasteiger partial charge is 0.315 e. The van der Waals surface area contributed by atoms with E-state index < -0.39 is 21.2 Å². The summed E-state index contributed by atoms with van der Waals surface area (Å²) in [6.07, 6.45) is 0.467. The summed E-state index contributed by atoms with van der Waals surface area (Å²) < 4.78 is 27.1. The molecular weight excluding hydrogens is 530 g/mol. The van der Waals surface area contributed by atoms with E-state index in [0.717, 1.165) is 5.56 Å². The Bertz CT molecular complexity index is 1500. The van der Waals surface area contributed by atoms with Crippen molar-refractivity contribution in [2.45, 2.75) is 16.7 Å². The highest BCUT2D eigenvalue weighted by Gasteiger charge is 2.38. The summed E-state index contributed by atoms with van der Waals surface area (Å²) in [6, 6.07) is 18.3. The van der Waals surface area contributed by atoms with Crippen molar-refractivity contribution in [2.75, 3.05) is 29.9 Å². The minimum Gasteiger partial charge on any atom is -0.335 e. The molecule has 0 bridgehead atoms. The predicted molar refractivity (Wildman–Crippen MR) is 146 cm³/mol. The van der Waals surface area contributed by atoms with Crippen LogP contribution in [0, 0.1) is 0 Å². The number of fused-ring (bicyclic) bond motifs is 1. The second-order valence-corrected chi connectivity index (χ2v) is 10.8. The molecule has 3 aromatic rings. The Morgan fingerprint density at radius 3 is 2.37 bits per heavy atom. The van der Waals surface area contributed by atoms with E-state index in [1.807, 2.05) is 30.3 Å². The number of nitrogens with two attached hydrogens (primary N) is 1. The molecule has 38 heavy (non-hydrogen) atoms. The van der Waals surface area contributed by atoms with E-state index in [2.05, 4.69) is 16.0 Å². The second-order valence-electron chi connectivity index (χ2n) is 8.73. The Balaban J connectivity index is 0.00000336. The van der Waals surface area contributed by atoms with Crippen LogP contribution in [-0.2, 0) is 21.1 Å². The molecule has 10 nitrogen and oxygen atoms in total. The molecular formula is C26H26ClN5O5S. The number of rotatable bonds is 6. The highest BCUT2D eigenvalue weighted by molar-refractivity contribution is 7.92. The minimum absolute atomic E-state index is 0. The van der Waals surface area contributed by atoms with Crippen molar-refractivity contribution in [2.24, 2.45) is 5.73 Å². The quantitative estimate of drug-likeness (QED) is 0.366. The first-order chi connectivity index (χ1) is 17.8. The average Bonchev–Trinajstić information content (AvgIpc) is 3.55. The number of benzene rings is 3. The molecule has 5 rings (SSSR count). The van der Waals surface area contributed by atoms with Crippen LogP contribution < -0.4 is 26.6 Å². The van der Waals surface area contributed by atoms with E-state index in [0.29, 0.717) is 41.0 Å². The van der Waals surface area contributed by atoms with Crippen LogP contribution in [0.25, 0.3) is 11.1 Å². The van der Waals surface area contributed by atoms with Gasteiger partial charge in [-0.1, -0.05) is 30.3 Å². The van der Waals surface area contributed by atoms with Gasteiger partial charge in [-0.15, -0.1) is 12.4 Å². The van der Waals surface area contributed by atoms with Gasteiger partial charge in [-0.2, -0.15) is 0 Å². The zero-order chi connectivity index (χ0) is 26.2. The van der Waals surface area contributed by atoms with Gasteiger partial charge in [0.2, 0.25) is 15.7 Å². The fourth-order valence-corrected chi connectivity index (χ4v) is 6.33. The molecule has 0 spiro atoms. The highest BCUT2D eigenvalue weighted by Crippen LogP contribution is 2.42. The molecule has 1 fully saturated rings. The van der Waals surface area contributed by atoms with Crippen molar-refractivity contribution in [3.8, 4) is 11.1 Å². The molecule has 2 aliphatic rings. The molecule has 1 atom stereocenters. The van der Waals surface area contributed by atoms with Gasteiger partial charge in [0, 0.05) is 29.0 Å². The van der Waals surface area contributed by atoms with E-state index in [9.17, 15) is 22.8 Å². The van der Waals surface area contributed by atoms with Gasteiger partial charge < -0.3 is 26.6 Å². The zero-order valence-corrected chi connectivity index (χ0v) is 21.8. The van der Waals surface area contributed by atoms with Gasteiger partial charge in [0.1, 0.15) is 0 Å². The Kier molecular flexibility index (Phi) is 7.72. The summed E-state index contributed by atoms with van der Waals surface area (Å²) >= 11 is 0. The molecule has 0 aliphatic carbocycles. The number of sulfone groups is 1. The first-order valence-electron chi connectivity index (χ1n) is 11.7. The van der Waals surface area contributed by atoms with Crippen LogP contribution >= 0.6 is 12.4 Å². The number of anilines is 2. The van der Waals surface area contributed by atoms with E-state index in [1.165, 1.54) is 6.07 Å². The van der Waals surface area contributed by atoms with Crippen molar-refractivity contribution in [3.63, 3.8) is 0 Å². The molecule has 0 aromatic heterocycles. The Labute approximate surface area is 225 Å². The SMILES string of the molecule is Cl.NCC(=O)Nc1ccc(C(=O)N2CCc3c2ccc(S(=O)(=O)[C@H]2CNC(=O)N2)c3-c2ccccc2)cc1. The molecule has 2 aliphatic heterocycles. The van der Waals surface area contributed by atoms with Gasteiger partial charge >= 0.3 is 6.03 Å². The third-order valence-corrected chi connectivity index (χ3v) is 8.44. The molecule has 0 unspecified atom stereocenters. The number of carbonyl (C=O) groups excluding carboxylic acids is 3. The fourth-order valence-electron chi connectivity index (χ4n) is 4.67. The number of halogens is 1. The van der Waals surface area contributed by atoms with Crippen molar-refractivity contribution in [3.05, 3.63) is 77.9 Å². The van der Waals surface area contributed by atoms with Crippen LogP contribution in [0.15, 0.2) is 71.6 Å². The lowest BCUT2D eigenvalue weighted by Crippen LogP contribution is -2.35. The molecule has 1 saturated heterocycles. The third-order valence-electron chi connectivity index (χ3n) is 6.46. The van der Waals surface area contributed by atoms with E-state index >= 15 is 0 Å². The summed E-state index contributed by atoms with van der Waals surface area (Å²) in [7, 11) is -3.92. The number of nitrogens with one attached hydrogen (secondary N) is 3. The first-order valence-corrected chi connectivity index (χ1v) is 13.3. The summed E-state index contributed by atoms with van der Waals surface area (Å²) in [5, 5.41) is 6.53. The largest absolute Gasteiger partial charge is 0.335 e. The molecule has 5 N–H and O–H groups in total. The standard InChI is InChI=1S/C26H25N5O5S.ClH/c27-14-22(32)29-18-8-6-17(7-9-18)25(33)31-13-12-19-20(31)10-11-21(24(19)16-4-2-1-3-5-16)37(35,36)23-15-28-26(34)30-23;/h1-11,23H,12-15,27H2,(H,29,32)(H2,28,30,34);1H/t23-;/m0./s1. The number of hydrogen-bond donors (Lipinski definition) is 4. The first kappa shape index (κ1) is 27.1. The number of hydrogen-bond acceptors (Lipinski definition) is 6.